The van der Waals surface area contributed by atoms with Crippen LogP contribution in [0.3, 0.4) is 0 Å². The van der Waals surface area contributed by atoms with Gasteiger partial charge in [0.05, 0.1) is 12.8 Å². The molecule has 0 aromatic heterocycles. The summed E-state index contributed by atoms with van der Waals surface area (Å²) in [6, 6.07) is 7.13. The Balaban J connectivity index is 1.86. The number of aliphatic hydroxyl groups is 1. The lowest BCUT2D eigenvalue weighted by Gasteiger charge is -2.18. The molecule has 1 aromatic carbocycles. The van der Waals surface area contributed by atoms with E-state index >= 15 is 0 Å². The average Bonchev–Trinajstić information content (AvgIpc) is 2.73. The summed E-state index contributed by atoms with van der Waals surface area (Å²) < 4.78 is 5.13. The molecule has 2 N–H and O–H groups in total. The third-order valence-corrected chi connectivity index (χ3v) is 5.21. The predicted octanol–water partition coefficient (Wildman–Crippen LogP) is 5.88. The molecule has 0 bridgehead atoms. The van der Waals surface area contributed by atoms with Crippen molar-refractivity contribution in [2.45, 2.75) is 71.1 Å². The van der Waals surface area contributed by atoms with Crippen molar-refractivity contribution in [2.75, 3.05) is 12.4 Å². The highest BCUT2D eigenvalue weighted by Crippen LogP contribution is 2.26. The largest absolute Gasteiger partial charge is 0.505 e. The van der Waals surface area contributed by atoms with Crippen LogP contribution >= 0.6 is 0 Å². The normalized spacial score (nSPS) is 14.2. The molecule has 0 fully saturated rings. The van der Waals surface area contributed by atoms with E-state index < -0.39 is 11.6 Å². The molecule has 5 heteroatoms. The quantitative estimate of drug-likeness (QED) is 0.246. The van der Waals surface area contributed by atoms with Gasteiger partial charge in [-0.25, -0.2) is 0 Å². The maximum Gasteiger partial charge on any atom is 0.232 e. The van der Waals surface area contributed by atoms with Gasteiger partial charge in [0.15, 0.2) is 0 Å². The lowest BCUT2D eigenvalue weighted by Crippen LogP contribution is -2.24. The molecule has 0 saturated heterocycles. The summed E-state index contributed by atoms with van der Waals surface area (Å²) >= 11 is 0. The molecule has 1 aliphatic rings. The summed E-state index contributed by atoms with van der Waals surface area (Å²) in [6.07, 6.45) is 12.1. The minimum absolute atomic E-state index is 0.120. The fraction of sp³-hybridized carbons (Fsp3) is 0.500. The number of allylic oxidation sites excluding steroid dienone is 2. The Morgan fingerprint density at radius 3 is 2.07 bits per heavy atom. The molecule has 0 amide bonds. The molecular formula is C24H33NO4. The molecule has 0 unspecified atom stereocenters. The number of aliphatic hydroxyl groups excluding tert-OH is 1. The molecule has 0 spiro atoms. The van der Waals surface area contributed by atoms with Crippen LogP contribution in [0, 0.1) is 0 Å². The van der Waals surface area contributed by atoms with Crippen LogP contribution in [-0.4, -0.2) is 23.8 Å². The molecule has 2 rings (SSSR count). The van der Waals surface area contributed by atoms with Crippen molar-refractivity contribution in [3.8, 4) is 5.75 Å². The SMILES string of the molecule is CCCCCCCCCCCC1=C(O)C(Nc2ccc(OC)cc2)=CC(=O)C1=O. The van der Waals surface area contributed by atoms with Gasteiger partial charge >= 0.3 is 0 Å². The van der Waals surface area contributed by atoms with E-state index in [4.69, 9.17) is 4.74 Å². The smallest absolute Gasteiger partial charge is 0.232 e. The van der Waals surface area contributed by atoms with Crippen molar-refractivity contribution in [3.63, 3.8) is 0 Å². The topological polar surface area (TPSA) is 75.6 Å². The van der Waals surface area contributed by atoms with Gasteiger partial charge in [-0.3, -0.25) is 9.59 Å². The second-order valence-corrected chi connectivity index (χ2v) is 7.51. The Bertz CT molecular complexity index is 747. The summed E-state index contributed by atoms with van der Waals surface area (Å²) in [5, 5.41) is 13.6. The van der Waals surface area contributed by atoms with Crippen molar-refractivity contribution in [1.82, 2.24) is 0 Å². The van der Waals surface area contributed by atoms with E-state index in [0.717, 1.165) is 19.3 Å². The van der Waals surface area contributed by atoms with Gasteiger partial charge in [0.2, 0.25) is 11.6 Å². The predicted molar refractivity (Wildman–Crippen MR) is 116 cm³/mol. The highest BCUT2D eigenvalue weighted by molar-refractivity contribution is 6.48. The van der Waals surface area contributed by atoms with Gasteiger partial charge in [0, 0.05) is 17.3 Å². The zero-order chi connectivity index (χ0) is 21.1. The number of methoxy groups -OCH3 is 1. The summed E-state index contributed by atoms with van der Waals surface area (Å²) in [7, 11) is 1.59. The van der Waals surface area contributed by atoms with Crippen LogP contribution in [0.15, 0.2) is 47.4 Å². The molecule has 1 aromatic rings. The number of ketones is 2. The number of rotatable bonds is 13. The molecule has 1 aliphatic carbocycles. The number of carbonyl (C=O) groups excluding carboxylic acids is 2. The fourth-order valence-corrected chi connectivity index (χ4v) is 3.45. The number of unbranched alkanes of at least 4 members (excludes halogenated alkanes) is 8. The minimum atomic E-state index is -0.595. The number of benzene rings is 1. The maximum absolute atomic E-state index is 12.2. The van der Waals surface area contributed by atoms with Crippen LogP contribution in [0.2, 0.25) is 0 Å². The van der Waals surface area contributed by atoms with E-state index in [1.54, 1.807) is 31.4 Å². The first-order valence-corrected chi connectivity index (χ1v) is 10.7. The Morgan fingerprint density at radius 1 is 0.897 bits per heavy atom. The zero-order valence-corrected chi connectivity index (χ0v) is 17.6. The van der Waals surface area contributed by atoms with Crippen molar-refractivity contribution in [2.24, 2.45) is 0 Å². The van der Waals surface area contributed by atoms with Crippen molar-refractivity contribution < 1.29 is 19.4 Å². The molecule has 5 nitrogen and oxygen atoms in total. The second kappa shape index (κ2) is 12.1. The Labute approximate surface area is 173 Å². The van der Waals surface area contributed by atoms with E-state index in [1.807, 2.05) is 0 Å². The Morgan fingerprint density at radius 2 is 1.48 bits per heavy atom. The van der Waals surface area contributed by atoms with Crippen LogP contribution < -0.4 is 10.1 Å². The lowest BCUT2D eigenvalue weighted by molar-refractivity contribution is -0.132. The van der Waals surface area contributed by atoms with Gasteiger partial charge in [0.1, 0.15) is 11.5 Å². The van der Waals surface area contributed by atoms with Gasteiger partial charge < -0.3 is 15.2 Å². The number of hydrogen-bond donors (Lipinski definition) is 2. The van der Waals surface area contributed by atoms with Gasteiger partial charge in [-0.1, -0.05) is 58.3 Å². The highest BCUT2D eigenvalue weighted by atomic mass is 16.5. The van der Waals surface area contributed by atoms with Crippen LogP contribution in [0.25, 0.3) is 0 Å². The molecule has 0 heterocycles. The monoisotopic (exact) mass is 399 g/mol. The van der Waals surface area contributed by atoms with Crippen LogP contribution in [0.1, 0.15) is 71.1 Å². The third-order valence-electron chi connectivity index (χ3n) is 5.21. The van der Waals surface area contributed by atoms with Crippen LogP contribution in [0.4, 0.5) is 5.69 Å². The van der Waals surface area contributed by atoms with Crippen LogP contribution in [0.5, 0.6) is 5.75 Å². The van der Waals surface area contributed by atoms with E-state index in [1.165, 1.54) is 44.6 Å². The van der Waals surface area contributed by atoms with E-state index in [0.29, 0.717) is 17.9 Å². The van der Waals surface area contributed by atoms with Gasteiger partial charge in [-0.05, 0) is 37.1 Å². The third kappa shape index (κ3) is 7.08. The number of carbonyl (C=O) groups is 2. The van der Waals surface area contributed by atoms with Gasteiger partial charge in [-0.15, -0.1) is 0 Å². The minimum Gasteiger partial charge on any atom is -0.505 e. The lowest BCUT2D eigenvalue weighted by atomic mass is 9.93. The number of nitrogens with one attached hydrogen (secondary N) is 1. The van der Waals surface area contributed by atoms with E-state index in [9.17, 15) is 14.7 Å². The molecule has 0 atom stereocenters. The number of ether oxygens (including phenoxy) is 1. The molecule has 29 heavy (non-hydrogen) atoms. The summed E-state index contributed by atoms with van der Waals surface area (Å²) in [4.78, 5) is 24.3. The standard InChI is InChI=1S/C24H33NO4/c1-3-4-5-6-7-8-9-10-11-12-20-23(27)21(17-22(26)24(20)28)25-18-13-15-19(29-2)16-14-18/h13-17,25,27H,3-12H2,1-2H3. The molecule has 158 valence electrons. The first-order chi connectivity index (χ1) is 14.1. The summed E-state index contributed by atoms with van der Waals surface area (Å²) in [5.74, 6) is -0.595. The fourth-order valence-electron chi connectivity index (χ4n) is 3.45. The number of hydrogen-bond acceptors (Lipinski definition) is 5. The van der Waals surface area contributed by atoms with E-state index in [-0.39, 0.29) is 17.0 Å². The zero-order valence-electron chi connectivity index (χ0n) is 17.6. The van der Waals surface area contributed by atoms with Crippen molar-refractivity contribution in [1.29, 1.82) is 0 Å². The Kier molecular flexibility index (Phi) is 9.48. The Hall–Kier alpha value is -2.56. The first-order valence-electron chi connectivity index (χ1n) is 10.7. The molecule has 0 aliphatic heterocycles. The molecular weight excluding hydrogens is 366 g/mol. The van der Waals surface area contributed by atoms with Crippen molar-refractivity contribution in [3.05, 3.63) is 47.4 Å². The van der Waals surface area contributed by atoms with E-state index in [2.05, 4.69) is 12.2 Å². The van der Waals surface area contributed by atoms with Crippen molar-refractivity contribution >= 4 is 17.3 Å². The second-order valence-electron chi connectivity index (χ2n) is 7.51. The van der Waals surface area contributed by atoms with Crippen LogP contribution in [-0.2, 0) is 9.59 Å². The van der Waals surface area contributed by atoms with Gasteiger partial charge in [0.25, 0.3) is 0 Å². The summed E-state index contributed by atoms with van der Waals surface area (Å²) in [6.45, 7) is 2.22. The first kappa shape index (κ1) is 22.7. The maximum atomic E-state index is 12.2. The highest BCUT2D eigenvalue weighted by Gasteiger charge is 2.28. The number of anilines is 1. The molecule has 0 saturated carbocycles. The van der Waals surface area contributed by atoms with Gasteiger partial charge in [-0.2, -0.15) is 0 Å². The molecule has 0 radical (unpaired) electrons. The number of Topliss-reactive ketones (excluding diaryl/α,β-unsaturated/α-hetero) is 1. The average molecular weight is 400 g/mol. The summed E-state index contributed by atoms with van der Waals surface area (Å²) in [5.41, 5.74) is 1.19.